The lowest BCUT2D eigenvalue weighted by Crippen LogP contribution is -2.29. The average Bonchev–Trinajstić information content (AvgIpc) is 2.61. The van der Waals surface area contributed by atoms with Gasteiger partial charge in [0.05, 0.1) is 26.5 Å². The molecule has 0 fully saturated rings. The molecule has 0 saturated carbocycles. The summed E-state index contributed by atoms with van der Waals surface area (Å²) in [6.07, 6.45) is 0.679. The maximum Gasteiger partial charge on any atom is 0.238 e. The van der Waals surface area contributed by atoms with Crippen molar-refractivity contribution in [3.8, 4) is 11.5 Å². The number of hydrogen-bond acceptors (Lipinski definition) is 4. The predicted molar refractivity (Wildman–Crippen MR) is 91.1 cm³/mol. The summed E-state index contributed by atoms with van der Waals surface area (Å²) >= 11 is 0. The second-order valence-corrected chi connectivity index (χ2v) is 5.29. The highest BCUT2D eigenvalue weighted by molar-refractivity contribution is 5.92. The highest BCUT2D eigenvalue weighted by Gasteiger charge is 2.08. The van der Waals surface area contributed by atoms with E-state index < -0.39 is 17.5 Å². The molecule has 0 saturated heterocycles. The van der Waals surface area contributed by atoms with Gasteiger partial charge in [0.25, 0.3) is 0 Å². The number of anilines is 1. The number of hydrogen-bond donors (Lipinski definition) is 2. The third kappa shape index (κ3) is 5.42. The first-order valence-electron chi connectivity index (χ1n) is 7.70. The fourth-order valence-electron chi connectivity index (χ4n) is 2.26. The van der Waals surface area contributed by atoms with Crippen LogP contribution in [0.3, 0.4) is 0 Å². The van der Waals surface area contributed by atoms with Gasteiger partial charge in [-0.25, -0.2) is 8.78 Å². The topological polar surface area (TPSA) is 59.6 Å². The number of rotatable bonds is 8. The van der Waals surface area contributed by atoms with Crippen LogP contribution in [0.25, 0.3) is 0 Å². The summed E-state index contributed by atoms with van der Waals surface area (Å²) in [5, 5.41) is 5.36. The minimum absolute atomic E-state index is 0.0180. The van der Waals surface area contributed by atoms with Gasteiger partial charge in [0, 0.05) is 6.07 Å². The Morgan fingerprint density at radius 1 is 1.04 bits per heavy atom. The number of carbonyl (C=O) groups is 1. The summed E-state index contributed by atoms with van der Waals surface area (Å²) in [4.78, 5) is 11.8. The maximum absolute atomic E-state index is 13.5. The molecule has 2 aromatic carbocycles. The summed E-state index contributed by atoms with van der Waals surface area (Å²) in [6, 6.07) is 8.60. The van der Waals surface area contributed by atoms with Gasteiger partial charge in [-0.3, -0.25) is 4.79 Å². The molecule has 0 bridgehead atoms. The highest BCUT2D eigenvalue weighted by Crippen LogP contribution is 2.27. The van der Waals surface area contributed by atoms with Crippen molar-refractivity contribution in [3.05, 3.63) is 53.6 Å². The summed E-state index contributed by atoms with van der Waals surface area (Å²) in [5.41, 5.74) is 0.975. The zero-order valence-electron chi connectivity index (χ0n) is 14.1. The summed E-state index contributed by atoms with van der Waals surface area (Å²) in [6.45, 7) is 0.568. The second kappa shape index (κ2) is 8.98. The lowest BCUT2D eigenvalue weighted by molar-refractivity contribution is -0.115. The molecule has 0 aliphatic carbocycles. The van der Waals surface area contributed by atoms with E-state index in [0.717, 1.165) is 17.7 Å². The molecule has 0 unspecified atom stereocenters. The van der Waals surface area contributed by atoms with Crippen LogP contribution in [0.2, 0.25) is 0 Å². The minimum atomic E-state index is -0.807. The lowest BCUT2D eigenvalue weighted by Gasteiger charge is -2.10. The first-order valence-corrected chi connectivity index (χ1v) is 7.70. The maximum atomic E-state index is 13.5. The van der Waals surface area contributed by atoms with Crippen LogP contribution in [-0.2, 0) is 11.2 Å². The van der Waals surface area contributed by atoms with Crippen LogP contribution in [0.5, 0.6) is 11.5 Å². The van der Waals surface area contributed by atoms with Crippen LogP contribution in [0.4, 0.5) is 14.5 Å². The fourth-order valence-corrected chi connectivity index (χ4v) is 2.26. The molecule has 0 heterocycles. The molecule has 0 atom stereocenters. The van der Waals surface area contributed by atoms with Gasteiger partial charge in [-0.2, -0.15) is 0 Å². The number of carbonyl (C=O) groups excluding carboxylic acids is 1. The van der Waals surface area contributed by atoms with Crippen molar-refractivity contribution < 1.29 is 23.0 Å². The van der Waals surface area contributed by atoms with Crippen LogP contribution in [-0.4, -0.2) is 33.2 Å². The van der Waals surface area contributed by atoms with Crippen molar-refractivity contribution in [2.24, 2.45) is 0 Å². The van der Waals surface area contributed by atoms with Crippen molar-refractivity contribution in [2.45, 2.75) is 6.42 Å². The Balaban J connectivity index is 1.78. The van der Waals surface area contributed by atoms with Crippen molar-refractivity contribution in [2.75, 3.05) is 32.6 Å². The molecule has 2 aromatic rings. The van der Waals surface area contributed by atoms with Gasteiger partial charge in [-0.15, -0.1) is 0 Å². The minimum Gasteiger partial charge on any atom is -0.493 e. The standard InChI is InChI=1S/C18H20F2N2O3/c1-24-16-6-3-12(9-17(16)25-2)7-8-21-11-18(23)22-15-5-4-13(19)10-14(15)20/h3-6,9-10,21H,7-8,11H2,1-2H3,(H,22,23). The van der Waals surface area contributed by atoms with E-state index in [1.807, 2.05) is 18.2 Å². The summed E-state index contributed by atoms with van der Waals surface area (Å²) < 4.78 is 36.7. The van der Waals surface area contributed by atoms with E-state index in [2.05, 4.69) is 10.6 Å². The number of benzene rings is 2. The molecular formula is C18H20F2N2O3. The third-order valence-corrected chi connectivity index (χ3v) is 3.53. The van der Waals surface area contributed by atoms with Gasteiger partial charge in [0.2, 0.25) is 5.91 Å². The molecule has 7 heteroatoms. The van der Waals surface area contributed by atoms with Crippen LogP contribution >= 0.6 is 0 Å². The molecule has 134 valence electrons. The molecule has 1 amide bonds. The Morgan fingerprint density at radius 3 is 2.48 bits per heavy atom. The van der Waals surface area contributed by atoms with Crippen LogP contribution < -0.4 is 20.1 Å². The first kappa shape index (κ1) is 18.7. The van der Waals surface area contributed by atoms with E-state index in [0.29, 0.717) is 24.5 Å². The number of amides is 1. The van der Waals surface area contributed by atoms with Gasteiger partial charge in [-0.1, -0.05) is 6.07 Å². The van der Waals surface area contributed by atoms with Crippen molar-refractivity contribution in [3.63, 3.8) is 0 Å². The summed E-state index contributed by atoms with van der Waals surface area (Å²) in [7, 11) is 3.14. The zero-order valence-corrected chi connectivity index (χ0v) is 14.1. The molecule has 0 spiro atoms. The van der Waals surface area contributed by atoms with Gasteiger partial charge < -0.3 is 20.1 Å². The quantitative estimate of drug-likeness (QED) is 0.719. The summed E-state index contributed by atoms with van der Waals surface area (Å²) in [5.74, 6) is -0.607. The zero-order chi connectivity index (χ0) is 18.2. The number of ether oxygens (including phenoxy) is 2. The first-order chi connectivity index (χ1) is 12.0. The van der Waals surface area contributed by atoms with Gasteiger partial charge in [0.1, 0.15) is 11.6 Å². The van der Waals surface area contributed by atoms with E-state index in [9.17, 15) is 13.6 Å². The Labute approximate surface area is 144 Å². The normalized spacial score (nSPS) is 10.4. The monoisotopic (exact) mass is 350 g/mol. The highest BCUT2D eigenvalue weighted by atomic mass is 19.1. The van der Waals surface area contributed by atoms with E-state index >= 15 is 0 Å². The fraction of sp³-hybridized carbons (Fsp3) is 0.278. The number of nitrogens with one attached hydrogen (secondary N) is 2. The van der Waals surface area contributed by atoms with Crippen LogP contribution in [0.15, 0.2) is 36.4 Å². The van der Waals surface area contributed by atoms with E-state index in [4.69, 9.17) is 9.47 Å². The third-order valence-electron chi connectivity index (χ3n) is 3.53. The molecule has 5 nitrogen and oxygen atoms in total. The molecule has 0 aliphatic heterocycles. The Bertz CT molecular complexity index is 738. The SMILES string of the molecule is COc1ccc(CCNCC(=O)Nc2ccc(F)cc2F)cc1OC. The largest absolute Gasteiger partial charge is 0.493 e. The van der Waals surface area contributed by atoms with Crippen molar-refractivity contribution in [1.82, 2.24) is 5.32 Å². The van der Waals surface area contributed by atoms with Crippen molar-refractivity contribution in [1.29, 1.82) is 0 Å². The van der Waals surface area contributed by atoms with E-state index in [1.54, 1.807) is 14.2 Å². The molecular weight excluding hydrogens is 330 g/mol. The number of halogens is 2. The average molecular weight is 350 g/mol. The molecule has 0 radical (unpaired) electrons. The lowest BCUT2D eigenvalue weighted by atomic mass is 10.1. The van der Waals surface area contributed by atoms with Gasteiger partial charge in [-0.05, 0) is 42.8 Å². The van der Waals surface area contributed by atoms with Crippen LogP contribution in [0, 0.1) is 11.6 Å². The van der Waals surface area contributed by atoms with E-state index in [-0.39, 0.29) is 12.2 Å². The Kier molecular flexibility index (Phi) is 6.71. The molecule has 2 rings (SSSR count). The molecule has 2 N–H and O–H groups in total. The van der Waals surface area contributed by atoms with Crippen LogP contribution in [0.1, 0.15) is 5.56 Å². The molecule has 25 heavy (non-hydrogen) atoms. The Morgan fingerprint density at radius 2 is 1.80 bits per heavy atom. The Hall–Kier alpha value is -2.67. The van der Waals surface area contributed by atoms with E-state index in [1.165, 1.54) is 6.07 Å². The molecule has 0 aromatic heterocycles. The number of methoxy groups -OCH3 is 2. The predicted octanol–water partition coefficient (Wildman–Crippen LogP) is 2.75. The van der Waals surface area contributed by atoms with Gasteiger partial charge in [0.15, 0.2) is 11.5 Å². The molecule has 0 aliphatic rings. The second-order valence-electron chi connectivity index (χ2n) is 5.29. The smallest absolute Gasteiger partial charge is 0.238 e. The van der Waals surface area contributed by atoms with Gasteiger partial charge >= 0.3 is 0 Å². The van der Waals surface area contributed by atoms with Crippen molar-refractivity contribution >= 4 is 11.6 Å².